The van der Waals surface area contributed by atoms with Gasteiger partial charge in [-0.2, -0.15) is 0 Å². The fourth-order valence-corrected chi connectivity index (χ4v) is 5.28. The first-order valence-corrected chi connectivity index (χ1v) is 12.4. The molecule has 0 heterocycles. The summed E-state index contributed by atoms with van der Waals surface area (Å²) in [6.45, 7) is 10.7. The number of rotatable bonds is 5. The Balaban J connectivity index is 2.07. The minimum atomic E-state index is -0.792. The Morgan fingerprint density at radius 2 is 0.943 bits per heavy atom. The Labute approximate surface area is 209 Å². The van der Waals surface area contributed by atoms with E-state index in [1.54, 1.807) is 65.8 Å². The Morgan fingerprint density at radius 1 is 0.571 bits per heavy atom. The van der Waals surface area contributed by atoms with Gasteiger partial charge in [-0.15, -0.1) is 0 Å². The average molecular weight is 496 g/mol. The lowest BCUT2D eigenvalue weighted by molar-refractivity contribution is 0.0188. The van der Waals surface area contributed by atoms with Crippen molar-refractivity contribution in [3.05, 3.63) is 78.9 Å². The van der Waals surface area contributed by atoms with E-state index in [9.17, 15) is 9.59 Å². The smallest absolute Gasteiger partial charge is 0.428 e. The predicted molar refractivity (Wildman–Crippen MR) is 135 cm³/mol. The van der Waals surface area contributed by atoms with Crippen LogP contribution in [0.3, 0.4) is 0 Å². The second-order valence-electron chi connectivity index (χ2n) is 9.65. The summed E-state index contributed by atoms with van der Waals surface area (Å²) in [7, 11) is -0.782. The highest BCUT2D eigenvalue weighted by Gasteiger charge is 2.36. The molecule has 6 nitrogen and oxygen atoms in total. The van der Waals surface area contributed by atoms with Gasteiger partial charge < -0.3 is 18.9 Å². The van der Waals surface area contributed by atoms with Gasteiger partial charge in [-0.3, -0.25) is 0 Å². The number of ether oxygens (including phenoxy) is 4. The summed E-state index contributed by atoms with van der Waals surface area (Å²) in [4.78, 5) is 27.4. The highest BCUT2D eigenvalue weighted by Crippen LogP contribution is 2.40. The highest BCUT2D eigenvalue weighted by atomic mass is 32.2. The van der Waals surface area contributed by atoms with Gasteiger partial charge in [0.2, 0.25) is 9.79 Å². The quantitative estimate of drug-likeness (QED) is 0.208. The second kappa shape index (κ2) is 10.9. The van der Waals surface area contributed by atoms with E-state index < -0.39 is 34.4 Å². The highest BCUT2D eigenvalue weighted by molar-refractivity contribution is 7.97. The molecule has 0 spiro atoms. The Bertz CT molecular complexity index is 1090. The summed E-state index contributed by atoms with van der Waals surface area (Å²) >= 11 is 0. The molecule has 0 saturated heterocycles. The zero-order valence-electron chi connectivity index (χ0n) is 20.9. The van der Waals surface area contributed by atoms with Gasteiger partial charge in [-0.1, -0.05) is 42.5 Å². The molecule has 0 amide bonds. The molecule has 7 heteroatoms. The summed E-state index contributed by atoms with van der Waals surface area (Å²) in [5, 5.41) is 0. The first kappa shape index (κ1) is 26.2. The number of hydrogen-bond donors (Lipinski definition) is 0. The van der Waals surface area contributed by atoms with Crippen molar-refractivity contribution in [3.8, 4) is 11.5 Å². The van der Waals surface area contributed by atoms with Gasteiger partial charge in [0.15, 0.2) is 16.4 Å². The second-order valence-corrected chi connectivity index (χ2v) is 11.6. The molecule has 0 aliphatic rings. The van der Waals surface area contributed by atoms with Crippen LogP contribution in [0.5, 0.6) is 11.5 Å². The third-order valence-corrected chi connectivity index (χ3v) is 6.58. The van der Waals surface area contributed by atoms with E-state index in [2.05, 4.69) is 0 Å². The maximum atomic E-state index is 12.5. The van der Waals surface area contributed by atoms with Crippen molar-refractivity contribution < 1.29 is 28.5 Å². The van der Waals surface area contributed by atoms with Crippen LogP contribution in [-0.2, 0) is 20.4 Å². The molecule has 184 valence electrons. The minimum Gasteiger partial charge on any atom is -0.428 e. The molecule has 3 aromatic rings. The third-order valence-electron chi connectivity index (χ3n) is 4.28. The zero-order valence-corrected chi connectivity index (χ0v) is 21.7. The number of carbonyl (C=O) groups is 2. The van der Waals surface area contributed by atoms with E-state index in [4.69, 9.17) is 18.9 Å². The molecule has 0 fully saturated rings. The molecule has 0 aliphatic carbocycles. The van der Waals surface area contributed by atoms with E-state index in [-0.39, 0.29) is 0 Å². The van der Waals surface area contributed by atoms with Crippen LogP contribution in [-0.4, -0.2) is 23.5 Å². The molecule has 3 rings (SSSR count). The van der Waals surface area contributed by atoms with Crippen molar-refractivity contribution in [2.45, 2.75) is 67.4 Å². The van der Waals surface area contributed by atoms with E-state index >= 15 is 0 Å². The largest absolute Gasteiger partial charge is 0.514 e. The van der Waals surface area contributed by atoms with Gasteiger partial charge in [0, 0.05) is 0 Å². The van der Waals surface area contributed by atoms with Gasteiger partial charge in [-0.05, 0) is 77.9 Å². The van der Waals surface area contributed by atoms with Crippen molar-refractivity contribution in [2.24, 2.45) is 0 Å². The maximum Gasteiger partial charge on any atom is 0.514 e. The number of benzene rings is 3. The van der Waals surface area contributed by atoms with Crippen LogP contribution in [0.4, 0.5) is 9.59 Å². The topological polar surface area (TPSA) is 71.1 Å². The summed E-state index contributed by atoms with van der Waals surface area (Å²) in [6, 6.07) is 24.3. The van der Waals surface area contributed by atoms with Gasteiger partial charge in [-0.25, -0.2) is 9.59 Å². The molecule has 3 aromatic carbocycles. The van der Waals surface area contributed by atoms with E-state index in [0.717, 1.165) is 14.7 Å². The molecule has 35 heavy (non-hydrogen) atoms. The zero-order chi connectivity index (χ0) is 25.6. The molecular weight excluding hydrogens is 464 g/mol. The van der Waals surface area contributed by atoms with Crippen molar-refractivity contribution in [2.75, 3.05) is 0 Å². The molecule has 0 aliphatic heterocycles. The lowest BCUT2D eigenvalue weighted by Gasteiger charge is -2.20. The molecule has 0 aromatic heterocycles. The Hall–Kier alpha value is -3.45. The standard InChI is InChI=1S/C28H31O6S/c1-27(2,3)33-25(29)31-21-16-10-12-18-23(21)35(20-14-8-7-9-15-20)24-19-13-11-17-22(24)32-26(30)34-28(4,5)6/h7-19H,1-6H3/q+1. The summed E-state index contributed by atoms with van der Waals surface area (Å²) in [6.07, 6.45) is -1.58. The van der Waals surface area contributed by atoms with Crippen LogP contribution in [0.25, 0.3) is 0 Å². The minimum absolute atomic E-state index is 0.362. The SMILES string of the molecule is CC(C)(C)OC(=O)Oc1ccccc1[S+](c1ccccc1)c1ccccc1OC(=O)OC(C)(C)C. The Kier molecular flexibility index (Phi) is 8.12. The van der Waals surface area contributed by atoms with Crippen molar-refractivity contribution in [3.63, 3.8) is 0 Å². The molecule has 0 saturated carbocycles. The van der Waals surface area contributed by atoms with E-state index in [1.165, 1.54) is 0 Å². The molecule has 0 N–H and O–H groups in total. The van der Waals surface area contributed by atoms with Gasteiger partial charge in [0.25, 0.3) is 0 Å². The molecule has 0 atom stereocenters. The van der Waals surface area contributed by atoms with Crippen molar-refractivity contribution in [1.82, 2.24) is 0 Å². The first-order valence-electron chi connectivity index (χ1n) is 11.2. The normalized spacial score (nSPS) is 11.6. The van der Waals surface area contributed by atoms with Crippen LogP contribution in [0.2, 0.25) is 0 Å². The fourth-order valence-electron chi connectivity index (χ4n) is 3.06. The molecule has 0 bridgehead atoms. The van der Waals surface area contributed by atoms with E-state index in [0.29, 0.717) is 11.5 Å². The Morgan fingerprint density at radius 3 is 1.34 bits per heavy atom. The van der Waals surface area contributed by atoms with Gasteiger partial charge in [0.1, 0.15) is 22.1 Å². The molecule has 0 unspecified atom stereocenters. The fraction of sp³-hybridized carbons (Fsp3) is 0.286. The average Bonchev–Trinajstić information content (AvgIpc) is 2.74. The number of carbonyl (C=O) groups excluding carboxylic acids is 2. The first-order chi connectivity index (χ1) is 16.4. The lowest BCUT2D eigenvalue weighted by atomic mass is 10.2. The van der Waals surface area contributed by atoms with Gasteiger partial charge >= 0.3 is 12.3 Å². The third kappa shape index (κ3) is 7.79. The molecular formula is C28H31O6S+. The predicted octanol–water partition coefficient (Wildman–Crippen LogP) is 7.41. The van der Waals surface area contributed by atoms with Crippen LogP contribution in [0.15, 0.2) is 93.5 Å². The van der Waals surface area contributed by atoms with Crippen LogP contribution >= 0.6 is 0 Å². The van der Waals surface area contributed by atoms with Crippen LogP contribution in [0, 0.1) is 0 Å². The van der Waals surface area contributed by atoms with Gasteiger partial charge in [0.05, 0.1) is 0 Å². The maximum absolute atomic E-state index is 12.5. The van der Waals surface area contributed by atoms with E-state index in [1.807, 2.05) is 54.6 Å². The van der Waals surface area contributed by atoms with Crippen molar-refractivity contribution >= 4 is 23.2 Å². The molecule has 0 radical (unpaired) electrons. The summed E-state index contributed by atoms with van der Waals surface area (Å²) in [5.74, 6) is 0.724. The number of para-hydroxylation sites is 2. The summed E-state index contributed by atoms with van der Waals surface area (Å²) in [5.41, 5.74) is -1.39. The van der Waals surface area contributed by atoms with Crippen molar-refractivity contribution in [1.29, 1.82) is 0 Å². The monoisotopic (exact) mass is 495 g/mol. The van der Waals surface area contributed by atoms with Crippen LogP contribution < -0.4 is 9.47 Å². The van der Waals surface area contributed by atoms with Crippen LogP contribution in [0.1, 0.15) is 41.5 Å². The number of hydrogen-bond acceptors (Lipinski definition) is 6. The lowest BCUT2D eigenvalue weighted by Crippen LogP contribution is -2.26. The summed E-state index contributed by atoms with van der Waals surface area (Å²) < 4.78 is 22.0.